The van der Waals surface area contributed by atoms with Gasteiger partial charge in [0, 0.05) is 11.6 Å². The van der Waals surface area contributed by atoms with Crippen LogP contribution in [0.5, 0.6) is 5.75 Å². The summed E-state index contributed by atoms with van der Waals surface area (Å²) in [6.07, 6.45) is 0. The van der Waals surface area contributed by atoms with Gasteiger partial charge in [-0.2, -0.15) is 0 Å². The van der Waals surface area contributed by atoms with E-state index >= 15 is 0 Å². The number of halogens is 1. The van der Waals surface area contributed by atoms with E-state index in [1.54, 1.807) is 31.2 Å². The molecular formula is C25H29ClN2O4. The highest BCUT2D eigenvalue weighted by Crippen LogP contribution is 2.33. The van der Waals surface area contributed by atoms with Crippen LogP contribution in [0.1, 0.15) is 50.8 Å². The Balaban J connectivity index is 2.05. The molecule has 0 aromatic heterocycles. The molecule has 6 nitrogen and oxygen atoms in total. The number of hydrogen-bond acceptors (Lipinski definition) is 4. The number of benzene rings is 2. The summed E-state index contributed by atoms with van der Waals surface area (Å²) in [6.45, 7) is 8.46. The largest absolute Gasteiger partial charge is 0.487 e. The molecule has 1 unspecified atom stereocenters. The molecule has 0 bridgehead atoms. The Morgan fingerprint density at radius 1 is 1.16 bits per heavy atom. The Hall–Kier alpha value is -2.99. The van der Waals surface area contributed by atoms with Gasteiger partial charge in [0.2, 0.25) is 0 Å². The van der Waals surface area contributed by atoms with Crippen LogP contribution in [0.4, 0.5) is 4.79 Å². The first kappa shape index (κ1) is 23.7. The quantitative estimate of drug-likeness (QED) is 0.536. The van der Waals surface area contributed by atoms with E-state index in [2.05, 4.69) is 19.2 Å². The van der Waals surface area contributed by atoms with Crippen molar-refractivity contribution in [3.05, 3.63) is 76.0 Å². The maximum Gasteiger partial charge on any atom is 0.338 e. The Morgan fingerprint density at radius 2 is 1.88 bits per heavy atom. The number of nitrogens with one attached hydrogen (secondary N) is 1. The van der Waals surface area contributed by atoms with E-state index in [9.17, 15) is 9.59 Å². The first-order valence-corrected chi connectivity index (χ1v) is 11.2. The average Bonchev–Trinajstić information content (AvgIpc) is 2.77. The number of nitrogens with zero attached hydrogens (tertiary/aromatic N) is 1. The molecule has 1 aliphatic heterocycles. The van der Waals surface area contributed by atoms with Crippen LogP contribution in [0.25, 0.3) is 0 Å². The van der Waals surface area contributed by atoms with Crippen LogP contribution >= 0.6 is 11.6 Å². The molecule has 0 spiro atoms. The van der Waals surface area contributed by atoms with E-state index < -0.39 is 12.0 Å². The Morgan fingerprint density at radius 3 is 2.47 bits per heavy atom. The standard InChI is InChI=1S/C25H29ClN2O4/c1-5-28-21(15-32-20-9-7-8-19(26)14-20)22(24(29)31-6-2)23(27-25(28)30)18-12-10-17(11-13-18)16(3)4/h7-14,16,23H,5-6,15H2,1-4H3,(H,27,30). The molecule has 170 valence electrons. The van der Waals surface area contributed by atoms with Crippen LogP contribution < -0.4 is 10.1 Å². The number of likely N-dealkylation sites (N-methyl/N-ethyl adjacent to an activating group) is 1. The first-order valence-electron chi connectivity index (χ1n) is 10.8. The Bertz CT molecular complexity index is 1000. The summed E-state index contributed by atoms with van der Waals surface area (Å²) in [5.41, 5.74) is 2.83. The second-order valence-corrected chi connectivity index (χ2v) is 8.21. The van der Waals surface area contributed by atoms with Crippen molar-refractivity contribution in [2.75, 3.05) is 19.8 Å². The minimum atomic E-state index is -0.636. The van der Waals surface area contributed by atoms with Crippen LogP contribution in [0, 0.1) is 0 Å². The molecule has 7 heteroatoms. The van der Waals surface area contributed by atoms with Gasteiger partial charge in [-0.05, 0) is 49.1 Å². The summed E-state index contributed by atoms with van der Waals surface area (Å²) in [7, 11) is 0. The lowest BCUT2D eigenvalue weighted by Gasteiger charge is -2.36. The number of amides is 2. The predicted molar refractivity (Wildman–Crippen MR) is 125 cm³/mol. The summed E-state index contributed by atoms with van der Waals surface area (Å²) in [5, 5.41) is 3.50. The molecular weight excluding hydrogens is 428 g/mol. The molecule has 0 saturated heterocycles. The van der Waals surface area contributed by atoms with Crippen molar-refractivity contribution in [1.29, 1.82) is 0 Å². The third-order valence-electron chi connectivity index (χ3n) is 5.36. The summed E-state index contributed by atoms with van der Waals surface area (Å²) in [4.78, 5) is 27.5. The van der Waals surface area contributed by atoms with Crippen LogP contribution in [0.15, 0.2) is 59.8 Å². The lowest BCUT2D eigenvalue weighted by atomic mass is 9.92. The topological polar surface area (TPSA) is 67.9 Å². The van der Waals surface area contributed by atoms with Crippen molar-refractivity contribution >= 4 is 23.6 Å². The maximum absolute atomic E-state index is 13.1. The first-order chi connectivity index (χ1) is 15.3. The van der Waals surface area contributed by atoms with E-state index in [0.717, 1.165) is 5.56 Å². The van der Waals surface area contributed by atoms with Crippen molar-refractivity contribution in [3.8, 4) is 5.75 Å². The number of urea groups is 1. The minimum Gasteiger partial charge on any atom is -0.487 e. The van der Waals surface area contributed by atoms with Gasteiger partial charge in [0.25, 0.3) is 0 Å². The van der Waals surface area contributed by atoms with E-state index in [1.807, 2.05) is 31.2 Å². The monoisotopic (exact) mass is 456 g/mol. The highest BCUT2D eigenvalue weighted by Gasteiger charge is 2.38. The molecule has 1 heterocycles. The molecule has 1 aliphatic rings. The number of hydrogen-bond donors (Lipinski definition) is 1. The number of carbonyl (C=O) groups is 2. The Kier molecular flexibility index (Phi) is 7.80. The normalized spacial score (nSPS) is 16.2. The molecule has 2 amide bonds. The molecule has 2 aromatic carbocycles. The van der Waals surface area contributed by atoms with Gasteiger partial charge in [0.1, 0.15) is 12.4 Å². The zero-order valence-corrected chi connectivity index (χ0v) is 19.6. The van der Waals surface area contributed by atoms with Crippen molar-refractivity contribution in [3.63, 3.8) is 0 Å². The van der Waals surface area contributed by atoms with Crippen molar-refractivity contribution in [2.24, 2.45) is 0 Å². The zero-order chi connectivity index (χ0) is 23.3. The molecule has 2 aromatic rings. The van der Waals surface area contributed by atoms with Crippen LogP contribution in [-0.2, 0) is 9.53 Å². The maximum atomic E-state index is 13.1. The molecule has 32 heavy (non-hydrogen) atoms. The molecule has 3 rings (SSSR count). The van der Waals surface area contributed by atoms with Crippen LogP contribution in [0.3, 0.4) is 0 Å². The van der Waals surface area contributed by atoms with Gasteiger partial charge in [-0.1, -0.05) is 55.8 Å². The van der Waals surface area contributed by atoms with Gasteiger partial charge in [-0.25, -0.2) is 9.59 Å². The number of ether oxygens (including phenoxy) is 2. The van der Waals surface area contributed by atoms with Gasteiger partial charge in [-0.3, -0.25) is 4.90 Å². The minimum absolute atomic E-state index is 0.0241. The van der Waals surface area contributed by atoms with Crippen LogP contribution in [-0.4, -0.2) is 36.7 Å². The molecule has 0 aliphatic carbocycles. The molecule has 1 N–H and O–H groups in total. The molecule has 0 saturated carbocycles. The number of esters is 1. The van der Waals surface area contributed by atoms with Crippen molar-refractivity contribution < 1.29 is 19.1 Å². The van der Waals surface area contributed by atoms with Gasteiger partial charge < -0.3 is 14.8 Å². The van der Waals surface area contributed by atoms with E-state index in [0.29, 0.717) is 34.5 Å². The fourth-order valence-electron chi connectivity index (χ4n) is 3.67. The Labute approximate surface area is 194 Å². The van der Waals surface area contributed by atoms with E-state index in [1.165, 1.54) is 10.5 Å². The van der Waals surface area contributed by atoms with Gasteiger partial charge in [0.15, 0.2) is 0 Å². The molecule has 1 atom stereocenters. The summed E-state index contributed by atoms with van der Waals surface area (Å²) in [5.74, 6) is 0.448. The third-order valence-corrected chi connectivity index (χ3v) is 5.59. The summed E-state index contributed by atoms with van der Waals surface area (Å²) in [6, 6.07) is 14.0. The second-order valence-electron chi connectivity index (χ2n) is 7.78. The SMILES string of the molecule is CCOC(=O)C1=C(COc2cccc(Cl)c2)N(CC)C(=O)NC1c1ccc(C(C)C)cc1. The molecule has 0 fully saturated rings. The van der Waals surface area contributed by atoms with E-state index in [-0.39, 0.29) is 19.2 Å². The predicted octanol–water partition coefficient (Wildman–Crippen LogP) is 5.45. The zero-order valence-electron chi connectivity index (χ0n) is 18.9. The third kappa shape index (κ3) is 5.25. The number of rotatable bonds is 8. The fourth-order valence-corrected chi connectivity index (χ4v) is 3.85. The fraction of sp³-hybridized carbons (Fsp3) is 0.360. The van der Waals surface area contributed by atoms with E-state index in [4.69, 9.17) is 21.1 Å². The van der Waals surface area contributed by atoms with Gasteiger partial charge in [-0.15, -0.1) is 0 Å². The lowest BCUT2D eigenvalue weighted by molar-refractivity contribution is -0.139. The summed E-state index contributed by atoms with van der Waals surface area (Å²) >= 11 is 6.06. The van der Waals surface area contributed by atoms with Crippen LogP contribution in [0.2, 0.25) is 5.02 Å². The van der Waals surface area contributed by atoms with Gasteiger partial charge in [0.05, 0.1) is 23.9 Å². The molecule has 0 radical (unpaired) electrons. The van der Waals surface area contributed by atoms with Crippen molar-refractivity contribution in [2.45, 2.75) is 39.7 Å². The lowest BCUT2D eigenvalue weighted by Crippen LogP contribution is -2.49. The average molecular weight is 457 g/mol. The number of carbonyl (C=O) groups excluding carboxylic acids is 2. The highest BCUT2D eigenvalue weighted by atomic mass is 35.5. The summed E-state index contributed by atoms with van der Waals surface area (Å²) < 4.78 is 11.3. The van der Waals surface area contributed by atoms with Crippen molar-refractivity contribution in [1.82, 2.24) is 10.2 Å². The highest BCUT2D eigenvalue weighted by molar-refractivity contribution is 6.30. The van der Waals surface area contributed by atoms with Gasteiger partial charge >= 0.3 is 12.0 Å². The second kappa shape index (κ2) is 10.6. The smallest absolute Gasteiger partial charge is 0.338 e.